The van der Waals surface area contributed by atoms with Crippen LogP contribution in [-0.2, 0) is 20.4 Å². The molecule has 0 fully saturated rings. The van der Waals surface area contributed by atoms with Gasteiger partial charge >= 0.3 is 18.3 Å². The number of nitrogens with zero attached hydrogens (tertiary/aromatic N) is 3. The van der Waals surface area contributed by atoms with Crippen LogP contribution in [0.4, 0.5) is 18.0 Å². The van der Waals surface area contributed by atoms with Crippen molar-refractivity contribution < 1.29 is 37.0 Å². The van der Waals surface area contributed by atoms with Crippen molar-refractivity contribution >= 4 is 18.3 Å². The lowest BCUT2D eigenvalue weighted by Gasteiger charge is -2.10. The Morgan fingerprint density at radius 3 is 2.63 bits per heavy atom. The number of alkyl halides is 3. The van der Waals surface area contributed by atoms with Crippen LogP contribution in [0, 0.1) is 0 Å². The van der Waals surface area contributed by atoms with Crippen molar-refractivity contribution in [3.8, 4) is 17.1 Å². The van der Waals surface area contributed by atoms with Crippen LogP contribution >= 0.6 is 0 Å². The lowest BCUT2D eigenvalue weighted by atomic mass is 10.1. The molecule has 0 atom stereocenters. The Morgan fingerprint density at radius 2 is 2.00 bits per heavy atom. The molecule has 0 saturated heterocycles. The van der Waals surface area contributed by atoms with E-state index in [1.807, 2.05) is 0 Å². The third kappa shape index (κ3) is 5.56. The van der Waals surface area contributed by atoms with E-state index in [4.69, 9.17) is 4.74 Å². The van der Waals surface area contributed by atoms with Crippen LogP contribution in [0.3, 0.4) is 0 Å². The zero-order valence-electron chi connectivity index (χ0n) is 14.2. The maximum atomic E-state index is 13.0. The van der Waals surface area contributed by atoms with Crippen molar-refractivity contribution in [2.75, 3.05) is 13.7 Å². The molecular weight excluding hydrogens is 371 g/mol. The molecule has 0 saturated carbocycles. The molecule has 11 heteroatoms. The number of methoxy groups -OCH3 is 1. The Labute approximate surface area is 151 Å². The van der Waals surface area contributed by atoms with Gasteiger partial charge < -0.3 is 14.2 Å². The van der Waals surface area contributed by atoms with Crippen LogP contribution in [0.1, 0.15) is 12.5 Å². The van der Waals surface area contributed by atoms with Gasteiger partial charge in [0.25, 0.3) is 0 Å². The Morgan fingerprint density at radius 1 is 1.26 bits per heavy atom. The second kappa shape index (κ2) is 8.34. The molecule has 0 aliphatic carbocycles. The molecule has 2 aromatic rings. The first-order chi connectivity index (χ1) is 12.7. The zero-order chi connectivity index (χ0) is 20.0. The van der Waals surface area contributed by atoms with Crippen LogP contribution in [0.15, 0.2) is 30.6 Å². The van der Waals surface area contributed by atoms with Crippen LogP contribution in [0.25, 0.3) is 17.6 Å². The van der Waals surface area contributed by atoms with Crippen molar-refractivity contribution in [2.24, 2.45) is 0 Å². The molecule has 2 rings (SSSR count). The van der Waals surface area contributed by atoms with Gasteiger partial charge in [0.1, 0.15) is 12.1 Å². The molecule has 27 heavy (non-hydrogen) atoms. The van der Waals surface area contributed by atoms with Crippen molar-refractivity contribution in [2.45, 2.75) is 13.1 Å². The van der Waals surface area contributed by atoms with Crippen molar-refractivity contribution in [1.29, 1.82) is 0 Å². The largest absolute Gasteiger partial charge is 0.516 e. The van der Waals surface area contributed by atoms with E-state index >= 15 is 0 Å². The molecule has 1 aromatic carbocycles. The second-order valence-electron chi connectivity index (χ2n) is 4.92. The maximum absolute atomic E-state index is 13.0. The van der Waals surface area contributed by atoms with Crippen LogP contribution in [0.2, 0.25) is 0 Å². The Hall–Kier alpha value is -3.37. The van der Waals surface area contributed by atoms with Crippen LogP contribution < -0.4 is 4.74 Å². The summed E-state index contributed by atoms with van der Waals surface area (Å²) in [4.78, 5) is 26.3. The van der Waals surface area contributed by atoms with E-state index in [2.05, 4.69) is 19.6 Å². The number of ether oxygens (including phenoxy) is 3. The molecular formula is C16H14F3N3O5. The van der Waals surface area contributed by atoms with Crippen LogP contribution in [0.5, 0.6) is 5.75 Å². The zero-order valence-corrected chi connectivity index (χ0v) is 14.2. The first kappa shape index (κ1) is 19.9. The summed E-state index contributed by atoms with van der Waals surface area (Å²) in [6, 6.07) is 3.07. The fourth-order valence-corrected chi connectivity index (χ4v) is 1.89. The minimum Gasteiger partial charge on any atom is -0.497 e. The van der Waals surface area contributed by atoms with E-state index in [-0.39, 0.29) is 23.7 Å². The number of halogens is 3. The number of benzene rings is 1. The van der Waals surface area contributed by atoms with Gasteiger partial charge in [-0.25, -0.2) is 19.3 Å². The Kier molecular flexibility index (Phi) is 6.16. The summed E-state index contributed by atoms with van der Waals surface area (Å²) in [5.41, 5.74) is -0.843. The highest BCUT2D eigenvalue weighted by Crippen LogP contribution is 2.34. The van der Waals surface area contributed by atoms with Crippen molar-refractivity contribution in [3.05, 3.63) is 36.2 Å². The fraction of sp³-hybridized carbons (Fsp3) is 0.250. The molecule has 0 N–H and O–H groups in total. The number of carbonyl (C=O) groups is 2. The molecule has 1 heterocycles. The lowest BCUT2D eigenvalue weighted by molar-refractivity contribution is -0.137. The van der Waals surface area contributed by atoms with Crippen LogP contribution in [-0.4, -0.2) is 40.6 Å². The maximum Gasteiger partial charge on any atom is 0.516 e. The summed E-state index contributed by atoms with van der Waals surface area (Å²) in [6.45, 7) is 1.59. The monoisotopic (exact) mass is 385 g/mol. The predicted octanol–water partition coefficient (Wildman–Crippen LogP) is 3.14. The summed E-state index contributed by atoms with van der Waals surface area (Å²) < 4.78 is 53.6. The van der Waals surface area contributed by atoms with Gasteiger partial charge in [0.2, 0.25) is 0 Å². The van der Waals surface area contributed by atoms with E-state index in [1.54, 1.807) is 6.92 Å². The van der Waals surface area contributed by atoms with Gasteiger partial charge in [-0.3, -0.25) is 0 Å². The number of carbonyl (C=O) groups excluding carboxylic acids is 2. The molecule has 0 radical (unpaired) electrons. The number of rotatable bonds is 5. The Bertz CT molecular complexity index is 861. The van der Waals surface area contributed by atoms with Gasteiger partial charge in [-0.05, 0) is 25.1 Å². The summed E-state index contributed by atoms with van der Waals surface area (Å²) >= 11 is 0. The summed E-state index contributed by atoms with van der Waals surface area (Å²) in [5.74, 6) is -1.04. The van der Waals surface area contributed by atoms with E-state index < -0.39 is 23.9 Å². The highest BCUT2D eigenvalue weighted by molar-refractivity contribution is 5.91. The number of esters is 1. The van der Waals surface area contributed by atoms with Gasteiger partial charge in [-0.15, -0.1) is 5.10 Å². The SMILES string of the molecule is CCOC(=O)OC(=O)C=Cn1cnc(-c2cc(OC)cc(C(F)(F)F)c2)n1. The molecule has 0 aliphatic rings. The van der Waals surface area contributed by atoms with E-state index in [9.17, 15) is 22.8 Å². The first-order valence-electron chi connectivity index (χ1n) is 7.47. The van der Waals surface area contributed by atoms with Gasteiger partial charge in [0.05, 0.1) is 19.3 Å². The van der Waals surface area contributed by atoms with E-state index in [0.29, 0.717) is 0 Å². The molecule has 0 bridgehead atoms. The molecule has 144 valence electrons. The summed E-state index contributed by atoms with van der Waals surface area (Å²) in [6.07, 6.45) is -2.56. The van der Waals surface area contributed by atoms with Crippen molar-refractivity contribution in [1.82, 2.24) is 14.8 Å². The average molecular weight is 385 g/mol. The fourth-order valence-electron chi connectivity index (χ4n) is 1.89. The quantitative estimate of drug-likeness (QED) is 0.443. The smallest absolute Gasteiger partial charge is 0.497 e. The molecule has 0 amide bonds. The van der Waals surface area contributed by atoms with E-state index in [0.717, 1.165) is 35.4 Å². The summed E-state index contributed by atoms with van der Waals surface area (Å²) in [5, 5.41) is 3.94. The lowest BCUT2D eigenvalue weighted by Crippen LogP contribution is -2.11. The average Bonchev–Trinajstić information content (AvgIpc) is 3.08. The van der Waals surface area contributed by atoms with Gasteiger partial charge in [-0.2, -0.15) is 13.2 Å². The predicted molar refractivity (Wildman–Crippen MR) is 85.5 cm³/mol. The summed E-state index contributed by atoms with van der Waals surface area (Å²) in [7, 11) is 1.24. The third-order valence-corrected chi connectivity index (χ3v) is 3.05. The van der Waals surface area contributed by atoms with Crippen molar-refractivity contribution in [3.63, 3.8) is 0 Å². The molecule has 0 spiro atoms. The van der Waals surface area contributed by atoms with E-state index in [1.165, 1.54) is 13.2 Å². The normalized spacial score (nSPS) is 11.4. The highest BCUT2D eigenvalue weighted by Gasteiger charge is 2.31. The number of hydrogen-bond donors (Lipinski definition) is 0. The topological polar surface area (TPSA) is 92.5 Å². The second-order valence-corrected chi connectivity index (χ2v) is 4.92. The molecule has 8 nitrogen and oxygen atoms in total. The standard InChI is InChI=1S/C16H14F3N3O5/c1-3-26-15(24)27-13(23)4-5-22-9-20-14(21-22)10-6-11(16(17,18)19)8-12(7-10)25-2/h4-9H,3H2,1-2H3. The molecule has 1 aromatic heterocycles. The molecule has 0 unspecified atom stereocenters. The minimum atomic E-state index is -4.57. The third-order valence-electron chi connectivity index (χ3n) is 3.05. The van der Waals surface area contributed by atoms with Gasteiger partial charge in [0, 0.05) is 17.8 Å². The number of hydrogen-bond acceptors (Lipinski definition) is 7. The Balaban J connectivity index is 2.19. The first-order valence-corrected chi connectivity index (χ1v) is 7.47. The highest BCUT2D eigenvalue weighted by atomic mass is 19.4. The number of aromatic nitrogens is 3. The molecule has 0 aliphatic heterocycles. The minimum absolute atomic E-state index is 0.00951. The van der Waals surface area contributed by atoms with Gasteiger partial charge in [0.15, 0.2) is 5.82 Å². The van der Waals surface area contributed by atoms with Gasteiger partial charge in [-0.1, -0.05) is 0 Å².